The smallest absolute Gasteiger partial charge is 0.398 e. The summed E-state index contributed by atoms with van der Waals surface area (Å²) >= 11 is 10.3. The highest BCUT2D eigenvalue weighted by Gasteiger charge is 2.23. The van der Waals surface area contributed by atoms with Crippen LogP contribution in [0.2, 0.25) is 0 Å². The lowest BCUT2D eigenvalue weighted by Gasteiger charge is -2.12. The summed E-state index contributed by atoms with van der Waals surface area (Å²) in [5, 5.41) is 0. The average molecular weight is 364 g/mol. The van der Waals surface area contributed by atoms with Crippen LogP contribution in [0.3, 0.4) is 0 Å². The zero-order chi connectivity index (χ0) is 13.0. The topological polar surface area (TPSA) is 26.3 Å². The first-order valence-corrected chi connectivity index (χ1v) is 9.79. The Labute approximate surface area is 123 Å². The van der Waals surface area contributed by atoms with Crippen LogP contribution in [0.15, 0.2) is 64.0 Å². The molecule has 0 fully saturated rings. The van der Waals surface area contributed by atoms with E-state index in [1.807, 2.05) is 36.4 Å². The van der Waals surface area contributed by atoms with E-state index in [9.17, 15) is 4.57 Å². The molecule has 2 aromatic carbocycles. The van der Waals surface area contributed by atoms with Crippen LogP contribution in [0.25, 0.3) is 0 Å². The first-order valence-electron chi connectivity index (χ1n) is 5.05. The molecule has 6 heteroatoms. The molecule has 0 aromatic heterocycles. The van der Waals surface area contributed by atoms with Gasteiger partial charge in [-0.3, -0.25) is 0 Å². The van der Waals surface area contributed by atoms with Crippen molar-refractivity contribution in [2.24, 2.45) is 0 Å². The fourth-order valence-electron chi connectivity index (χ4n) is 1.28. The molecule has 0 aliphatic rings. The second-order valence-electron chi connectivity index (χ2n) is 3.38. The molecule has 18 heavy (non-hydrogen) atoms. The molecular weight excluding hydrogens is 355 g/mol. The molecule has 1 unspecified atom stereocenters. The average Bonchev–Trinajstić information content (AvgIpc) is 2.28. The van der Waals surface area contributed by atoms with Gasteiger partial charge in [0.1, 0.15) is 5.75 Å². The summed E-state index contributed by atoms with van der Waals surface area (Å²) in [5.74, 6) is -2.81. The summed E-state index contributed by atoms with van der Waals surface area (Å²) in [6, 6.07) is 16.4. The molecule has 0 aliphatic carbocycles. The Morgan fingerprint density at radius 2 is 1.83 bits per heavy atom. The van der Waals surface area contributed by atoms with Gasteiger partial charge in [-0.05, 0) is 53.0 Å². The van der Waals surface area contributed by atoms with Gasteiger partial charge >= 0.3 is 5.92 Å². The van der Waals surface area contributed by atoms with Gasteiger partial charge < -0.3 is 4.52 Å². The van der Waals surface area contributed by atoms with E-state index in [4.69, 9.17) is 15.8 Å². The maximum absolute atomic E-state index is 12.2. The Kier molecular flexibility index (Phi) is 4.79. The lowest BCUT2D eigenvalue weighted by molar-refractivity contribution is 0.514. The third kappa shape index (κ3) is 4.36. The molecular formula is C12H9BrClO2PS. The molecule has 0 bridgehead atoms. The minimum Gasteiger partial charge on any atom is -0.425 e. The van der Waals surface area contributed by atoms with E-state index in [2.05, 4.69) is 15.9 Å². The summed E-state index contributed by atoms with van der Waals surface area (Å²) in [4.78, 5) is 0.811. The van der Waals surface area contributed by atoms with Crippen LogP contribution in [0.5, 0.6) is 5.75 Å². The van der Waals surface area contributed by atoms with E-state index < -0.39 is 5.92 Å². The van der Waals surface area contributed by atoms with Gasteiger partial charge in [0.15, 0.2) is 0 Å². The number of rotatable bonds is 4. The van der Waals surface area contributed by atoms with Crippen LogP contribution in [-0.2, 0) is 4.57 Å². The Morgan fingerprint density at radius 1 is 1.11 bits per heavy atom. The fourth-order valence-corrected chi connectivity index (χ4v) is 5.03. The van der Waals surface area contributed by atoms with Crippen LogP contribution in [0.1, 0.15) is 0 Å². The van der Waals surface area contributed by atoms with Crippen LogP contribution < -0.4 is 4.52 Å². The Hall–Kier alpha value is -0.410. The van der Waals surface area contributed by atoms with E-state index in [0.717, 1.165) is 20.7 Å². The summed E-state index contributed by atoms with van der Waals surface area (Å²) in [5.41, 5.74) is 0. The quantitative estimate of drug-likeness (QED) is 0.626. The Bertz CT molecular complexity index is 579. The zero-order valence-electron chi connectivity index (χ0n) is 9.12. The second kappa shape index (κ2) is 6.16. The molecule has 0 saturated carbocycles. The van der Waals surface area contributed by atoms with E-state index in [0.29, 0.717) is 5.75 Å². The van der Waals surface area contributed by atoms with Crippen LogP contribution in [0, 0.1) is 0 Å². The first-order chi connectivity index (χ1) is 8.55. The van der Waals surface area contributed by atoms with Gasteiger partial charge in [-0.2, -0.15) is 0 Å². The first kappa shape index (κ1) is 14.0. The highest BCUT2D eigenvalue weighted by Crippen LogP contribution is 2.66. The maximum Gasteiger partial charge on any atom is 0.398 e. The van der Waals surface area contributed by atoms with Crippen molar-refractivity contribution in [1.82, 2.24) is 0 Å². The molecule has 0 heterocycles. The van der Waals surface area contributed by atoms with Gasteiger partial charge in [0.25, 0.3) is 0 Å². The van der Waals surface area contributed by atoms with Gasteiger partial charge in [-0.1, -0.05) is 40.2 Å². The van der Waals surface area contributed by atoms with Crippen molar-refractivity contribution < 1.29 is 9.09 Å². The summed E-state index contributed by atoms with van der Waals surface area (Å²) in [6.45, 7) is 0. The van der Waals surface area contributed by atoms with Gasteiger partial charge in [-0.15, -0.1) is 0 Å². The standard InChI is InChI=1S/C12H9BrClO2PS/c13-10-5-4-6-11(9-10)16-17(14,15)18-12-7-2-1-3-8-12/h1-9H. The number of benzene rings is 2. The van der Waals surface area contributed by atoms with Gasteiger partial charge in [0.05, 0.1) is 0 Å². The number of hydrogen-bond donors (Lipinski definition) is 0. The lowest BCUT2D eigenvalue weighted by Crippen LogP contribution is -1.84. The van der Waals surface area contributed by atoms with E-state index in [1.54, 1.807) is 18.2 Å². The van der Waals surface area contributed by atoms with Crippen LogP contribution in [0.4, 0.5) is 0 Å². The molecule has 94 valence electrons. The van der Waals surface area contributed by atoms with E-state index in [1.165, 1.54) is 0 Å². The van der Waals surface area contributed by atoms with Crippen molar-refractivity contribution in [3.8, 4) is 5.75 Å². The zero-order valence-corrected chi connectivity index (χ0v) is 13.2. The van der Waals surface area contributed by atoms with Crippen molar-refractivity contribution in [3.63, 3.8) is 0 Å². The number of hydrogen-bond acceptors (Lipinski definition) is 3. The normalized spacial score (nSPS) is 13.9. The van der Waals surface area contributed by atoms with E-state index >= 15 is 0 Å². The number of halogens is 2. The maximum atomic E-state index is 12.2. The molecule has 0 radical (unpaired) electrons. The predicted octanol–water partition coefficient (Wildman–Crippen LogP) is 5.97. The summed E-state index contributed by atoms with van der Waals surface area (Å²) in [7, 11) is 0. The molecule has 1 atom stereocenters. The summed E-state index contributed by atoms with van der Waals surface area (Å²) < 4.78 is 18.3. The monoisotopic (exact) mass is 362 g/mol. The van der Waals surface area contributed by atoms with E-state index in [-0.39, 0.29) is 0 Å². The highest BCUT2D eigenvalue weighted by molar-refractivity contribution is 9.10. The molecule has 2 aromatic rings. The van der Waals surface area contributed by atoms with Crippen LogP contribution >= 0.6 is 44.5 Å². The molecule has 2 rings (SSSR count). The van der Waals surface area contributed by atoms with Crippen molar-refractivity contribution in [3.05, 3.63) is 59.1 Å². The van der Waals surface area contributed by atoms with Gasteiger partial charge in [0.2, 0.25) is 0 Å². The molecule has 0 amide bonds. The van der Waals surface area contributed by atoms with Crippen LogP contribution in [-0.4, -0.2) is 0 Å². The Balaban J connectivity index is 2.10. The Morgan fingerprint density at radius 3 is 2.50 bits per heavy atom. The highest BCUT2D eigenvalue weighted by atomic mass is 79.9. The second-order valence-corrected chi connectivity index (χ2v) is 9.92. The third-order valence-electron chi connectivity index (χ3n) is 1.97. The molecule has 0 spiro atoms. The van der Waals surface area contributed by atoms with Gasteiger partial charge in [0, 0.05) is 9.37 Å². The minimum absolute atomic E-state index is 0.478. The van der Waals surface area contributed by atoms with Gasteiger partial charge in [-0.25, -0.2) is 4.57 Å². The van der Waals surface area contributed by atoms with Crippen molar-refractivity contribution in [1.29, 1.82) is 0 Å². The SMILES string of the molecule is O=P(Cl)(Oc1cccc(Br)c1)Sc1ccccc1. The van der Waals surface area contributed by atoms with Crippen molar-refractivity contribution >= 4 is 44.5 Å². The molecule has 2 nitrogen and oxygen atoms in total. The molecule has 0 saturated heterocycles. The molecule has 0 N–H and O–H groups in total. The van der Waals surface area contributed by atoms with Crippen molar-refractivity contribution in [2.75, 3.05) is 0 Å². The largest absolute Gasteiger partial charge is 0.425 e. The third-order valence-corrected chi connectivity index (χ3v) is 5.93. The molecule has 0 aliphatic heterocycles. The lowest BCUT2D eigenvalue weighted by atomic mass is 10.3. The van der Waals surface area contributed by atoms with Crippen molar-refractivity contribution in [2.45, 2.75) is 4.90 Å². The summed E-state index contributed by atoms with van der Waals surface area (Å²) in [6.07, 6.45) is 0. The fraction of sp³-hybridized carbons (Fsp3) is 0. The minimum atomic E-state index is -3.29. The predicted molar refractivity (Wildman–Crippen MR) is 80.5 cm³/mol.